The first-order valence-corrected chi connectivity index (χ1v) is 8.87. The van der Waals surface area contributed by atoms with Crippen LogP contribution in [-0.2, 0) is 0 Å². The van der Waals surface area contributed by atoms with Crippen LogP contribution in [0.2, 0.25) is 0 Å². The molecule has 0 radical (unpaired) electrons. The second-order valence-corrected chi connectivity index (χ2v) is 6.13. The van der Waals surface area contributed by atoms with Crippen LogP contribution < -0.4 is 19.5 Å². The Kier molecular flexibility index (Phi) is 6.19. The topological polar surface area (TPSA) is 82.8 Å². The van der Waals surface area contributed by atoms with E-state index < -0.39 is 0 Å². The number of ether oxygens (including phenoxy) is 3. The van der Waals surface area contributed by atoms with Crippen LogP contribution in [0.3, 0.4) is 0 Å². The molecule has 3 rings (SSSR count). The number of rotatable bonds is 7. The molecule has 7 heteroatoms. The number of benzene rings is 2. The van der Waals surface area contributed by atoms with Crippen molar-refractivity contribution >= 4 is 23.7 Å². The molecule has 1 aromatic heterocycles. The minimum absolute atomic E-state index is 0.309. The molecule has 3 aromatic rings. The molecule has 0 aliphatic heterocycles. The van der Waals surface area contributed by atoms with Gasteiger partial charge in [0.1, 0.15) is 17.1 Å². The van der Waals surface area contributed by atoms with Crippen molar-refractivity contribution in [1.29, 1.82) is 0 Å². The summed E-state index contributed by atoms with van der Waals surface area (Å²) in [6, 6.07) is 12.5. The molecule has 0 saturated carbocycles. The van der Waals surface area contributed by atoms with Gasteiger partial charge in [-0.3, -0.25) is 4.79 Å². The summed E-state index contributed by atoms with van der Waals surface area (Å²) in [5.74, 6) is 2.00. The first kappa shape index (κ1) is 20.0. The molecule has 29 heavy (non-hydrogen) atoms. The highest BCUT2D eigenvalue weighted by atomic mass is 16.5. The smallest absolute Gasteiger partial charge is 0.255 e. The van der Waals surface area contributed by atoms with E-state index in [1.165, 1.54) is 7.11 Å². The normalized spacial score (nSPS) is 10.8. The van der Waals surface area contributed by atoms with Crippen LogP contribution in [0, 0.1) is 6.92 Å². The van der Waals surface area contributed by atoms with E-state index in [9.17, 15) is 4.79 Å². The van der Waals surface area contributed by atoms with Gasteiger partial charge >= 0.3 is 0 Å². The fourth-order valence-corrected chi connectivity index (χ4v) is 2.71. The molecule has 0 fully saturated rings. The van der Waals surface area contributed by atoms with Gasteiger partial charge in [-0.25, -0.2) is 0 Å². The zero-order chi connectivity index (χ0) is 20.8. The summed E-state index contributed by atoms with van der Waals surface area (Å²) in [5.41, 5.74) is 2.42. The van der Waals surface area contributed by atoms with Gasteiger partial charge < -0.3 is 24.1 Å². The molecule has 0 spiro atoms. The van der Waals surface area contributed by atoms with Crippen LogP contribution in [0.5, 0.6) is 17.2 Å². The third-order valence-corrected chi connectivity index (χ3v) is 4.32. The molecule has 0 saturated heterocycles. The number of carbonyl (C=O) groups excluding carboxylic acids is 1. The molecule has 1 amide bonds. The van der Waals surface area contributed by atoms with Gasteiger partial charge in [-0.05, 0) is 48.9 Å². The minimum Gasteiger partial charge on any atom is -0.497 e. The maximum Gasteiger partial charge on any atom is 0.255 e. The van der Waals surface area contributed by atoms with Crippen LogP contribution in [-0.4, -0.2) is 32.4 Å². The molecular formula is C22H22N2O5. The van der Waals surface area contributed by atoms with Crippen molar-refractivity contribution in [3.63, 3.8) is 0 Å². The van der Waals surface area contributed by atoms with Gasteiger partial charge in [0.25, 0.3) is 5.91 Å². The Bertz CT molecular complexity index is 1020. The first-order valence-electron chi connectivity index (χ1n) is 8.87. The van der Waals surface area contributed by atoms with E-state index in [4.69, 9.17) is 18.7 Å². The van der Waals surface area contributed by atoms with Crippen LogP contribution in [0.25, 0.3) is 12.2 Å². The van der Waals surface area contributed by atoms with E-state index in [0.29, 0.717) is 34.2 Å². The number of aromatic nitrogens is 1. The van der Waals surface area contributed by atoms with Gasteiger partial charge in [0, 0.05) is 5.56 Å². The van der Waals surface area contributed by atoms with Gasteiger partial charge in [0.2, 0.25) is 0 Å². The fraction of sp³-hybridized carbons (Fsp3) is 0.182. The lowest BCUT2D eigenvalue weighted by molar-refractivity contribution is 0.102. The summed E-state index contributed by atoms with van der Waals surface area (Å²) in [5, 5.41) is 6.88. The lowest BCUT2D eigenvalue weighted by Gasteiger charge is -2.10. The molecule has 150 valence electrons. The Morgan fingerprint density at radius 1 is 0.966 bits per heavy atom. The molecule has 2 aromatic carbocycles. The van der Waals surface area contributed by atoms with E-state index in [1.807, 2.05) is 30.3 Å². The van der Waals surface area contributed by atoms with Crippen molar-refractivity contribution < 1.29 is 23.5 Å². The number of aryl methyl sites for hydroxylation is 1. The molecule has 0 aliphatic carbocycles. The van der Waals surface area contributed by atoms with Crippen LogP contribution in [0.4, 0.5) is 5.69 Å². The summed E-state index contributed by atoms with van der Waals surface area (Å²) < 4.78 is 20.9. The zero-order valence-electron chi connectivity index (χ0n) is 16.7. The maximum absolute atomic E-state index is 12.7. The SMILES string of the molecule is COc1ccc(/C=C/c2noc(C)c2NC(=O)c2ccc(OC)c(OC)c2)cc1. The van der Waals surface area contributed by atoms with Crippen molar-refractivity contribution in [2.75, 3.05) is 26.6 Å². The number of anilines is 1. The second kappa shape index (κ2) is 8.97. The maximum atomic E-state index is 12.7. The summed E-state index contributed by atoms with van der Waals surface area (Å²) in [7, 11) is 4.68. The van der Waals surface area contributed by atoms with E-state index in [-0.39, 0.29) is 5.91 Å². The number of amides is 1. The largest absolute Gasteiger partial charge is 0.497 e. The molecule has 0 atom stereocenters. The lowest BCUT2D eigenvalue weighted by Crippen LogP contribution is -2.13. The standard InChI is InChI=1S/C22H22N2O5/c1-14-21(23-22(25)16-8-12-19(27-3)20(13-16)28-4)18(24-29-14)11-7-15-5-9-17(26-2)10-6-15/h5-13H,1-4H3,(H,23,25)/b11-7+. The highest BCUT2D eigenvalue weighted by Crippen LogP contribution is 2.29. The van der Waals surface area contributed by atoms with E-state index in [0.717, 1.165) is 11.3 Å². The number of hydrogen-bond acceptors (Lipinski definition) is 6. The highest BCUT2D eigenvalue weighted by molar-refractivity contribution is 6.06. The predicted molar refractivity (Wildman–Crippen MR) is 111 cm³/mol. The van der Waals surface area contributed by atoms with Gasteiger partial charge in [0.05, 0.1) is 21.3 Å². The van der Waals surface area contributed by atoms with E-state index >= 15 is 0 Å². The molecule has 0 unspecified atom stereocenters. The zero-order valence-corrected chi connectivity index (χ0v) is 16.7. The van der Waals surface area contributed by atoms with Crippen LogP contribution in [0.1, 0.15) is 27.4 Å². The summed E-state index contributed by atoms with van der Waals surface area (Å²) >= 11 is 0. The lowest BCUT2D eigenvalue weighted by atomic mass is 10.1. The average Bonchev–Trinajstić information content (AvgIpc) is 3.11. The van der Waals surface area contributed by atoms with Crippen molar-refractivity contribution in [1.82, 2.24) is 5.16 Å². The monoisotopic (exact) mass is 394 g/mol. The van der Waals surface area contributed by atoms with Crippen LogP contribution in [0.15, 0.2) is 47.0 Å². The molecule has 0 bridgehead atoms. The molecule has 0 aliphatic rings. The summed E-state index contributed by atoms with van der Waals surface area (Å²) in [4.78, 5) is 12.7. The third kappa shape index (κ3) is 4.57. The number of methoxy groups -OCH3 is 3. The van der Waals surface area contributed by atoms with Gasteiger partial charge in [-0.2, -0.15) is 0 Å². The Hall–Kier alpha value is -3.74. The fourth-order valence-electron chi connectivity index (χ4n) is 2.71. The number of carbonyl (C=O) groups is 1. The van der Waals surface area contributed by atoms with Crippen LogP contribution >= 0.6 is 0 Å². The Balaban J connectivity index is 1.80. The minimum atomic E-state index is -0.309. The molecule has 1 N–H and O–H groups in total. The number of nitrogens with zero attached hydrogens (tertiary/aromatic N) is 1. The molecular weight excluding hydrogens is 372 g/mol. The Labute approximate surface area is 168 Å². The molecule has 1 heterocycles. The quantitative estimate of drug-likeness (QED) is 0.638. The van der Waals surface area contributed by atoms with Crippen molar-refractivity contribution in [3.05, 3.63) is 65.0 Å². The van der Waals surface area contributed by atoms with E-state index in [2.05, 4.69) is 10.5 Å². The van der Waals surface area contributed by atoms with Crippen molar-refractivity contribution in [2.24, 2.45) is 0 Å². The predicted octanol–water partition coefficient (Wildman–Crippen LogP) is 4.43. The number of nitrogens with one attached hydrogen (secondary N) is 1. The van der Waals surface area contributed by atoms with Crippen molar-refractivity contribution in [2.45, 2.75) is 6.92 Å². The van der Waals surface area contributed by atoms with Gasteiger partial charge in [-0.15, -0.1) is 0 Å². The van der Waals surface area contributed by atoms with Crippen molar-refractivity contribution in [3.8, 4) is 17.2 Å². The Morgan fingerprint density at radius 3 is 2.34 bits per heavy atom. The molecule has 7 nitrogen and oxygen atoms in total. The summed E-state index contributed by atoms with van der Waals surface area (Å²) in [6.07, 6.45) is 3.66. The van der Waals surface area contributed by atoms with Gasteiger partial charge in [0.15, 0.2) is 17.3 Å². The Morgan fingerprint density at radius 2 is 1.69 bits per heavy atom. The van der Waals surface area contributed by atoms with E-state index in [1.54, 1.807) is 45.4 Å². The average molecular weight is 394 g/mol. The second-order valence-electron chi connectivity index (χ2n) is 6.13. The summed E-state index contributed by atoms with van der Waals surface area (Å²) in [6.45, 7) is 1.74. The first-order chi connectivity index (χ1) is 14.0. The number of hydrogen-bond donors (Lipinski definition) is 1. The highest BCUT2D eigenvalue weighted by Gasteiger charge is 2.16. The van der Waals surface area contributed by atoms with Gasteiger partial charge in [-0.1, -0.05) is 23.4 Å². The third-order valence-electron chi connectivity index (χ3n) is 4.32.